The molecule has 0 unspecified atom stereocenters. The third kappa shape index (κ3) is 3.69. The number of rotatable bonds is 4. The van der Waals surface area contributed by atoms with Crippen LogP contribution in [-0.4, -0.2) is 18.5 Å². The number of hydrogen-bond acceptors (Lipinski definition) is 3. The molecule has 2 rings (SSSR count). The third-order valence-corrected chi connectivity index (χ3v) is 3.17. The number of halogens is 1. The van der Waals surface area contributed by atoms with Gasteiger partial charge in [0, 0.05) is 5.69 Å². The van der Waals surface area contributed by atoms with E-state index in [0.29, 0.717) is 5.69 Å². The normalized spacial score (nSPS) is 10.1. The van der Waals surface area contributed by atoms with Crippen molar-refractivity contribution in [3.63, 3.8) is 0 Å². The number of para-hydroxylation sites is 1. The number of amides is 1. The number of aryl methyl sites for hydroxylation is 2. The van der Waals surface area contributed by atoms with Crippen LogP contribution in [0.15, 0.2) is 42.5 Å². The second-order valence-corrected chi connectivity index (χ2v) is 4.87. The van der Waals surface area contributed by atoms with Crippen molar-refractivity contribution in [2.45, 2.75) is 13.8 Å². The van der Waals surface area contributed by atoms with Crippen LogP contribution in [0.4, 0.5) is 10.1 Å². The molecule has 0 saturated carbocycles. The van der Waals surface area contributed by atoms with Crippen molar-refractivity contribution in [1.82, 2.24) is 0 Å². The molecular weight excluding hydrogens is 285 g/mol. The molecule has 2 aromatic carbocycles. The molecule has 0 aliphatic carbocycles. The van der Waals surface area contributed by atoms with E-state index in [-0.39, 0.29) is 5.56 Å². The highest BCUT2D eigenvalue weighted by Gasteiger charge is 2.14. The van der Waals surface area contributed by atoms with Gasteiger partial charge in [-0.2, -0.15) is 0 Å². The average molecular weight is 301 g/mol. The second kappa shape index (κ2) is 6.85. The molecule has 0 fully saturated rings. The predicted octanol–water partition coefficient (Wildman–Crippen LogP) is 3.24. The Morgan fingerprint density at radius 1 is 1.05 bits per heavy atom. The summed E-state index contributed by atoms with van der Waals surface area (Å²) in [5, 5.41) is 2.69. The summed E-state index contributed by atoms with van der Waals surface area (Å²) in [6.45, 7) is 3.27. The van der Waals surface area contributed by atoms with Crippen LogP contribution in [0, 0.1) is 19.7 Å². The van der Waals surface area contributed by atoms with Crippen LogP contribution < -0.4 is 5.32 Å². The fraction of sp³-hybridized carbons (Fsp3) is 0.176. The Morgan fingerprint density at radius 3 is 2.32 bits per heavy atom. The van der Waals surface area contributed by atoms with Crippen molar-refractivity contribution in [3.05, 3.63) is 65.0 Å². The van der Waals surface area contributed by atoms with Gasteiger partial charge in [-0.15, -0.1) is 0 Å². The van der Waals surface area contributed by atoms with Gasteiger partial charge in [-0.1, -0.05) is 30.3 Å². The van der Waals surface area contributed by atoms with Crippen LogP contribution in [0.1, 0.15) is 21.5 Å². The molecule has 2 aromatic rings. The molecule has 0 aliphatic heterocycles. The first-order chi connectivity index (χ1) is 10.5. The highest BCUT2D eigenvalue weighted by atomic mass is 19.1. The lowest BCUT2D eigenvalue weighted by Crippen LogP contribution is -2.22. The SMILES string of the molecule is Cc1cccc(C)c1NC(=O)COC(=O)c1ccccc1F. The second-order valence-electron chi connectivity index (χ2n) is 4.87. The first-order valence-corrected chi connectivity index (χ1v) is 6.76. The molecule has 5 heteroatoms. The van der Waals surface area contributed by atoms with Gasteiger partial charge in [0.25, 0.3) is 5.91 Å². The van der Waals surface area contributed by atoms with Gasteiger partial charge < -0.3 is 10.1 Å². The van der Waals surface area contributed by atoms with E-state index in [1.807, 2.05) is 32.0 Å². The molecule has 0 aromatic heterocycles. The number of hydrogen-bond donors (Lipinski definition) is 1. The van der Waals surface area contributed by atoms with Crippen LogP contribution in [0.5, 0.6) is 0 Å². The number of carbonyl (C=O) groups is 2. The van der Waals surface area contributed by atoms with E-state index in [1.54, 1.807) is 0 Å². The summed E-state index contributed by atoms with van der Waals surface area (Å²) < 4.78 is 18.2. The molecule has 0 saturated heterocycles. The number of ether oxygens (including phenoxy) is 1. The minimum absolute atomic E-state index is 0.192. The topological polar surface area (TPSA) is 55.4 Å². The maximum Gasteiger partial charge on any atom is 0.341 e. The molecule has 0 aliphatic rings. The Labute approximate surface area is 127 Å². The van der Waals surface area contributed by atoms with Crippen molar-refractivity contribution in [2.75, 3.05) is 11.9 Å². The van der Waals surface area contributed by atoms with Crippen LogP contribution in [0.25, 0.3) is 0 Å². The number of esters is 1. The Morgan fingerprint density at radius 2 is 1.68 bits per heavy atom. The maximum atomic E-state index is 13.4. The third-order valence-electron chi connectivity index (χ3n) is 3.17. The van der Waals surface area contributed by atoms with Gasteiger partial charge in [0.2, 0.25) is 0 Å². The van der Waals surface area contributed by atoms with Gasteiger partial charge in [0.15, 0.2) is 6.61 Å². The predicted molar refractivity (Wildman–Crippen MR) is 81.2 cm³/mol. The lowest BCUT2D eigenvalue weighted by atomic mass is 10.1. The smallest absolute Gasteiger partial charge is 0.341 e. The zero-order chi connectivity index (χ0) is 16.1. The van der Waals surface area contributed by atoms with E-state index in [9.17, 15) is 14.0 Å². The lowest BCUT2D eigenvalue weighted by molar-refractivity contribution is -0.119. The fourth-order valence-electron chi connectivity index (χ4n) is 2.02. The Kier molecular flexibility index (Phi) is 4.88. The summed E-state index contributed by atoms with van der Waals surface area (Å²) in [5.41, 5.74) is 2.32. The van der Waals surface area contributed by atoms with Crippen LogP contribution in [0.3, 0.4) is 0 Å². The van der Waals surface area contributed by atoms with Crippen LogP contribution in [0.2, 0.25) is 0 Å². The van der Waals surface area contributed by atoms with E-state index < -0.39 is 24.3 Å². The minimum atomic E-state index is -0.866. The molecule has 1 N–H and O–H groups in total. The highest BCUT2D eigenvalue weighted by Crippen LogP contribution is 2.19. The van der Waals surface area contributed by atoms with Crippen molar-refractivity contribution in [1.29, 1.82) is 0 Å². The van der Waals surface area contributed by atoms with Gasteiger partial charge in [-0.25, -0.2) is 9.18 Å². The number of nitrogens with one attached hydrogen (secondary N) is 1. The summed E-state index contributed by atoms with van der Waals surface area (Å²) in [6, 6.07) is 11.1. The Balaban J connectivity index is 1.96. The average Bonchev–Trinajstić information content (AvgIpc) is 2.49. The first-order valence-electron chi connectivity index (χ1n) is 6.76. The fourth-order valence-corrected chi connectivity index (χ4v) is 2.02. The van der Waals surface area contributed by atoms with E-state index >= 15 is 0 Å². The highest BCUT2D eigenvalue weighted by molar-refractivity contribution is 5.96. The molecular formula is C17H16FNO3. The molecule has 22 heavy (non-hydrogen) atoms. The zero-order valence-corrected chi connectivity index (χ0v) is 12.4. The van der Waals surface area contributed by atoms with Crippen LogP contribution in [-0.2, 0) is 9.53 Å². The summed E-state index contributed by atoms with van der Waals surface area (Å²) in [7, 11) is 0. The standard InChI is InChI=1S/C17H16FNO3/c1-11-6-5-7-12(2)16(11)19-15(20)10-22-17(21)13-8-3-4-9-14(13)18/h3-9H,10H2,1-2H3,(H,19,20). The monoisotopic (exact) mass is 301 g/mol. The number of carbonyl (C=O) groups excluding carboxylic acids is 2. The summed E-state index contributed by atoms with van der Waals surface area (Å²) in [4.78, 5) is 23.6. The summed E-state index contributed by atoms with van der Waals surface area (Å²) >= 11 is 0. The molecule has 114 valence electrons. The first kappa shape index (κ1) is 15.7. The Hall–Kier alpha value is -2.69. The van der Waals surface area contributed by atoms with E-state index in [1.165, 1.54) is 18.2 Å². The summed E-state index contributed by atoms with van der Waals surface area (Å²) in [5.74, 6) is -2.01. The van der Waals surface area contributed by atoms with Gasteiger partial charge in [0.1, 0.15) is 5.82 Å². The van der Waals surface area contributed by atoms with Crippen molar-refractivity contribution in [3.8, 4) is 0 Å². The molecule has 0 atom stereocenters. The van der Waals surface area contributed by atoms with E-state index in [2.05, 4.69) is 5.32 Å². The van der Waals surface area contributed by atoms with Gasteiger partial charge >= 0.3 is 5.97 Å². The lowest BCUT2D eigenvalue weighted by Gasteiger charge is -2.11. The van der Waals surface area contributed by atoms with Crippen LogP contribution >= 0.6 is 0 Å². The van der Waals surface area contributed by atoms with Crippen molar-refractivity contribution >= 4 is 17.6 Å². The zero-order valence-electron chi connectivity index (χ0n) is 12.4. The molecule has 0 radical (unpaired) electrons. The molecule has 0 heterocycles. The molecule has 1 amide bonds. The summed E-state index contributed by atoms with van der Waals surface area (Å²) in [6.07, 6.45) is 0. The molecule has 0 spiro atoms. The maximum absolute atomic E-state index is 13.4. The quantitative estimate of drug-likeness (QED) is 0.882. The van der Waals surface area contributed by atoms with E-state index in [4.69, 9.17) is 4.74 Å². The Bertz CT molecular complexity index is 693. The van der Waals surface area contributed by atoms with Crippen molar-refractivity contribution in [2.24, 2.45) is 0 Å². The molecule has 4 nitrogen and oxygen atoms in total. The number of anilines is 1. The van der Waals surface area contributed by atoms with Gasteiger partial charge in [-0.3, -0.25) is 4.79 Å². The van der Waals surface area contributed by atoms with Crippen molar-refractivity contribution < 1.29 is 18.7 Å². The largest absolute Gasteiger partial charge is 0.452 e. The van der Waals surface area contributed by atoms with E-state index in [0.717, 1.165) is 17.2 Å². The molecule has 0 bridgehead atoms. The minimum Gasteiger partial charge on any atom is -0.452 e. The number of benzene rings is 2. The van der Waals surface area contributed by atoms with Gasteiger partial charge in [0.05, 0.1) is 5.56 Å². The van der Waals surface area contributed by atoms with Gasteiger partial charge in [-0.05, 0) is 37.1 Å².